The van der Waals surface area contributed by atoms with E-state index in [4.69, 9.17) is 0 Å². The Kier molecular flexibility index (Phi) is 2.23. The van der Waals surface area contributed by atoms with Crippen molar-refractivity contribution >= 4 is 5.91 Å². The Morgan fingerprint density at radius 1 is 1.56 bits per heavy atom. The zero-order valence-corrected chi connectivity index (χ0v) is 9.44. The molecule has 0 radical (unpaired) electrons. The van der Waals surface area contributed by atoms with Gasteiger partial charge in [0.15, 0.2) is 0 Å². The average Bonchev–Trinajstić information content (AvgIpc) is 2.76. The second-order valence-corrected chi connectivity index (χ2v) is 5.05. The molecule has 1 aromatic heterocycles. The Morgan fingerprint density at radius 2 is 2.31 bits per heavy atom. The number of nitrogens with zero attached hydrogens (tertiary/aromatic N) is 1. The molecule has 2 fully saturated rings. The van der Waals surface area contributed by atoms with Gasteiger partial charge in [0.25, 0.3) is 0 Å². The fraction of sp³-hybridized carbons (Fsp3) is 0.667. The third kappa shape index (κ3) is 1.52. The lowest BCUT2D eigenvalue weighted by Crippen LogP contribution is -2.29. The molecule has 0 aromatic carbocycles. The number of fused-ring (bicyclic) bond motifs is 1. The van der Waals surface area contributed by atoms with Crippen LogP contribution in [0.25, 0.3) is 0 Å². The van der Waals surface area contributed by atoms with Crippen molar-refractivity contribution in [3.05, 3.63) is 18.0 Å². The number of carbonyl (C=O) groups excluding carboxylic acids is 1. The molecule has 4 nitrogen and oxygen atoms in total. The van der Waals surface area contributed by atoms with Gasteiger partial charge in [-0.1, -0.05) is 6.42 Å². The summed E-state index contributed by atoms with van der Waals surface area (Å²) in [5.74, 6) is 1.93. The quantitative estimate of drug-likeness (QED) is 0.811. The molecule has 2 N–H and O–H groups in total. The minimum absolute atomic E-state index is 0.0626. The van der Waals surface area contributed by atoms with Crippen molar-refractivity contribution in [2.75, 3.05) is 0 Å². The predicted molar refractivity (Wildman–Crippen MR) is 59.5 cm³/mol. The fourth-order valence-electron chi connectivity index (χ4n) is 3.10. The van der Waals surface area contributed by atoms with Crippen molar-refractivity contribution in [3.8, 4) is 0 Å². The number of rotatable bonds is 3. The van der Waals surface area contributed by atoms with Crippen molar-refractivity contribution in [2.24, 2.45) is 17.8 Å². The topological polar surface area (TPSA) is 57.8 Å². The minimum Gasteiger partial charge on any atom is -0.349 e. The van der Waals surface area contributed by atoms with Crippen molar-refractivity contribution in [3.63, 3.8) is 0 Å². The summed E-state index contributed by atoms with van der Waals surface area (Å²) < 4.78 is 0. The van der Waals surface area contributed by atoms with E-state index in [1.54, 1.807) is 6.20 Å². The molecule has 0 bridgehead atoms. The van der Waals surface area contributed by atoms with Gasteiger partial charge in [-0.25, -0.2) is 0 Å². The van der Waals surface area contributed by atoms with Gasteiger partial charge in [-0.3, -0.25) is 9.89 Å². The van der Waals surface area contributed by atoms with E-state index in [2.05, 4.69) is 15.5 Å². The molecular formula is C12H17N3O. The van der Waals surface area contributed by atoms with E-state index in [9.17, 15) is 4.79 Å². The summed E-state index contributed by atoms with van der Waals surface area (Å²) in [4.78, 5) is 12.0. The maximum Gasteiger partial charge on any atom is 0.224 e. The Morgan fingerprint density at radius 3 is 2.94 bits per heavy atom. The highest BCUT2D eigenvalue weighted by atomic mass is 16.2. The lowest BCUT2D eigenvalue weighted by Gasteiger charge is -2.12. The van der Waals surface area contributed by atoms with Crippen molar-refractivity contribution < 1.29 is 4.79 Å². The molecule has 3 atom stereocenters. The van der Waals surface area contributed by atoms with Crippen LogP contribution in [0.2, 0.25) is 0 Å². The van der Waals surface area contributed by atoms with Crippen LogP contribution in [0.5, 0.6) is 0 Å². The largest absolute Gasteiger partial charge is 0.349 e. The van der Waals surface area contributed by atoms with E-state index in [1.165, 1.54) is 19.3 Å². The summed E-state index contributed by atoms with van der Waals surface area (Å²) in [5, 5.41) is 9.73. The van der Waals surface area contributed by atoms with Crippen LogP contribution >= 0.6 is 0 Å². The maximum absolute atomic E-state index is 12.0. The lowest BCUT2D eigenvalue weighted by atomic mass is 10.1. The molecule has 2 aliphatic carbocycles. The van der Waals surface area contributed by atoms with Crippen LogP contribution in [0.3, 0.4) is 0 Å². The van der Waals surface area contributed by atoms with E-state index in [0.29, 0.717) is 17.8 Å². The molecule has 0 saturated heterocycles. The smallest absolute Gasteiger partial charge is 0.224 e. The van der Waals surface area contributed by atoms with E-state index in [-0.39, 0.29) is 11.9 Å². The number of hydrogen-bond acceptors (Lipinski definition) is 2. The average molecular weight is 219 g/mol. The highest BCUT2D eigenvalue weighted by molar-refractivity contribution is 5.82. The van der Waals surface area contributed by atoms with Gasteiger partial charge in [-0.05, 0) is 31.6 Å². The first kappa shape index (κ1) is 9.87. The number of nitrogens with one attached hydrogen (secondary N) is 2. The van der Waals surface area contributed by atoms with Crippen LogP contribution < -0.4 is 5.32 Å². The van der Waals surface area contributed by atoms with Gasteiger partial charge < -0.3 is 5.32 Å². The van der Waals surface area contributed by atoms with Crippen LogP contribution in [0.4, 0.5) is 0 Å². The van der Waals surface area contributed by atoms with Gasteiger partial charge in [0.05, 0.1) is 12.2 Å². The Labute approximate surface area is 94.8 Å². The first-order valence-electron chi connectivity index (χ1n) is 6.06. The zero-order valence-electron chi connectivity index (χ0n) is 9.44. The summed E-state index contributed by atoms with van der Waals surface area (Å²) in [6.07, 6.45) is 7.42. The molecule has 86 valence electrons. The highest BCUT2D eigenvalue weighted by Gasteiger charge is 2.56. The van der Waals surface area contributed by atoms with Crippen molar-refractivity contribution in [1.82, 2.24) is 15.5 Å². The Hall–Kier alpha value is -1.32. The van der Waals surface area contributed by atoms with Gasteiger partial charge in [-0.15, -0.1) is 0 Å². The second kappa shape index (κ2) is 3.61. The summed E-state index contributed by atoms with van der Waals surface area (Å²) in [6, 6.07) is 0.0626. The van der Waals surface area contributed by atoms with Gasteiger partial charge in [0.1, 0.15) is 0 Å². The summed E-state index contributed by atoms with van der Waals surface area (Å²) in [7, 11) is 0. The Balaban J connectivity index is 1.57. The molecular weight excluding hydrogens is 202 g/mol. The summed E-state index contributed by atoms with van der Waals surface area (Å²) in [6.45, 7) is 2.00. The molecule has 3 unspecified atom stereocenters. The summed E-state index contributed by atoms with van der Waals surface area (Å²) in [5.41, 5.74) is 1.04. The third-order valence-electron chi connectivity index (χ3n) is 4.09. The third-order valence-corrected chi connectivity index (χ3v) is 4.09. The molecule has 0 spiro atoms. The molecule has 3 rings (SSSR count). The van der Waals surface area contributed by atoms with E-state index >= 15 is 0 Å². The van der Waals surface area contributed by atoms with Crippen LogP contribution in [0, 0.1) is 17.8 Å². The Bertz CT molecular complexity index is 377. The fourth-order valence-corrected chi connectivity index (χ4v) is 3.10. The standard InChI is InChI=1S/C12H17N3O/c1-7(8-5-13-14-6-8)15-12(16)11-9-3-2-4-10(9)11/h5-7,9-11H,2-4H2,1H3,(H,13,14)(H,15,16). The number of amides is 1. The lowest BCUT2D eigenvalue weighted by molar-refractivity contribution is -0.123. The van der Waals surface area contributed by atoms with Crippen LogP contribution in [-0.4, -0.2) is 16.1 Å². The van der Waals surface area contributed by atoms with Gasteiger partial charge in [-0.2, -0.15) is 5.10 Å². The van der Waals surface area contributed by atoms with E-state index < -0.39 is 0 Å². The predicted octanol–water partition coefficient (Wildman–Crippen LogP) is 1.63. The van der Waals surface area contributed by atoms with E-state index in [0.717, 1.165) is 5.56 Å². The molecule has 0 aliphatic heterocycles. The molecule has 1 heterocycles. The highest BCUT2D eigenvalue weighted by Crippen LogP contribution is 2.57. The number of aromatic nitrogens is 2. The number of carbonyl (C=O) groups is 1. The summed E-state index contributed by atoms with van der Waals surface area (Å²) >= 11 is 0. The van der Waals surface area contributed by atoms with Gasteiger partial charge >= 0.3 is 0 Å². The molecule has 16 heavy (non-hydrogen) atoms. The SMILES string of the molecule is CC(NC(=O)C1C2CCCC21)c1cn[nH]c1. The van der Waals surface area contributed by atoms with Crippen LogP contribution in [0.1, 0.15) is 37.8 Å². The van der Waals surface area contributed by atoms with Crippen LogP contribution in [0.15, 0.2) is 12.4 Å². The number of aromatic amines is 1. The van der Waals surface area contributed by atoms with Crippen molar-refractivity contribution in [2.45, 2.75) is 32.2 Å². The van der Waals surface area contributed by atoms with Gasteiger partial charge in [0, 0.05) is 17.7 Å². The first-order valence-corrected chi connectivity index (χ1v) is 6.06. The number of H-pyrrole nitrogens is 1. The van der Waals surface area contributed by atoms with Crippen molar-refractivity contribution in [1.29, 1.82) is 0 Å². The molecule has 2 saturated carbocycles. The van der Waals surface area contributed by atoms with Crippen LogP contribution in [-0.2, 0) is 4.79 Å². The molecule has 1 amide bonds. The monoisotopic (exact) mass is 219 g/mol. The maximum atomic E-state index is 12.0. The van der Waals surface area contributed by atoms with Gasteiger partial charge in [0.2, 0.25) is 5.91 Å². The minimum atomic E-state index is 0.0626. The molecule has 4 heteroatoms. The molecule has 1 aromatic rings. The normalized spacial score (nSPS) is 33.2. The first-order chi connectivity index (χ1) is 7.77. The number of hydrogen-bond donors (Lipinski definition) is 2. The zero-order chi connectivity index (χ0) is 11.1. The second-order valence-electron chi connectivity index (χ2n) is 5.05. The van der Waals surface area contributed by atoms with E-state index in [1.807, 2.05) is 13.1 Å². The molecule has 2 aliphatic rings.